The molecule has 0 bridgehead atoms. The maximum absolute atomic E-state index is 12.2. The van der Waals surface area contributed by atoms with E-state index in [1.165, 1.54) is 0 Å². The molecule has 1 aromatic rings. The van der Waals surface area contributed by atoms with Gasteiger partial charge in [0.05, 0.1) is 12.2 Å². The van der Waals surface area contributed by atoms with Gasteiger partial charge < -0.3 is 15.8 Å². The van der Waals surface area contributed by atoms with Gasteiger partial charge in [-0.25, -0.2) is 9.79 Å². The summed E-state index contributed by atoms with van der Waals surface area (Å²) >= 11 is 0. The Bertz CT molecular complexity index is 632. The molecule has 2 rings (SSSR count). The molecule has 1 aliphatic heterocycles. The van der Waals surface area contributed by atoms with Crippen LogP contribution in [0.5, 0.6) is 0 Å². The van der Waals surface area contributed by atoms with E-state index in [1.54, 1.807) is 19.9 Å². The van der Waals surface area contributed by atoms with Crippen LogP contribution in [0.15, 0.2) is 47.1 Å². The SMILES string of the molecule is C=Cc1ccccc1C1N=C(N)NC(C)=C1C(=O)OCC. The topological polar surface area (TPSA) is 76.7 Å². The van der Waals surface area contributed by atoms with E-state index in [1.807, 2.05) is 24.3 Å². The number of rotatable bonds is 4. The van der Waals surface area contributed by atoms with Gasteiger partial charge in [0.2, 0.25) is 0 Å². The number of guanidine groups is 1. The summed E-state index contributed by atoms with van der Waals surface area (Å²) in [5.74, 6) is -0.105. The number of ether oxygens (including phenoxy) is 1. The van der Waals surface area contributed by atoms with Gasteiger partial charge in [-0.2, -0.15) is 0 Å². The summed E-state index contributed by atoms with van der Waals surface area (Å²) in [7, 11) is 0. The Balaban J connectivity index is 2.53. The number of carbonyl (C=O) groups is 1. The van der Waals surface area contributed by atoms with Crippen molar-refractivity contribution >= 4 is 18.0 Å². The lowest BCUT2D eigenvalue weighted by atomic mass is 9.92. The number of nitrogens with zero attached hydrogens (tertiary/aromatic N) is 1. The third-order valence-corrected chi connectivity index (χ3v) is 3.27. The summed E-state index contributed by atoms with van der Waals surface area (Å²) in [6.45, 7) is 7.67. The Morgan fingerprint density at radius 1 is 1.52 bits per heavy atom. The highest BCUT2D eigenvalue weighted by Crippen LogP contribution is 2.33. The van der Waals surface area contributed by atoms with E-state index < -0.39 is 6.04 Å². The lowest BCUT2D eigenvalue weighted by molar-refractivity contribution is -0.138. The monoisotopic (exact) mass is 285 g/mol. The smallest absolute Gasteiger partial charge is 0.338 e. The van der Waals surface area contributed by atoms with Crippen LogP contribution in [0.2, 0.25) is 0 Å². The van der Waals surface area contributed by atoms with E-state index in [0.717, 1.165) is 11.1 Å². The summed E-state index contributed by atoms with van der Waals surface area (Å²) in [4.78, 5) is 16.6. The zero-order valence-electron chi connectivity index (χ0n) is 12.2. The van der Waals surface area contributed by atoms with Crippen molar-refractivity contribution in [3.63, 3.8) is 0 Å². The first-order valence-electron chi connectivity index (χ1n) is 6.78. The minimum Gasteiger partial charge on any atom is -0.463 e. The molecule has 1 aliphatic rings. The van der Waals surface area contributed by atoms with Crippen LogP contribution < -0.4 is 11.1 Å². The highest BCUT2D eigenvalue weighted by Gasteiger charge is 2.30. The van der Waals surface area contributed by atoms with Crippen molar-refractivity contribution in [3.8, 4) is 0 Å². The van der Waals surface area contributed by atoms with Crippen molar-refractivity contribution in [2.75, 3.05) is 6.61 Å². The molecule has 1 unspecified atom stereocenters. The van der Waals surface area contributed by atoms with Crippen molar-refractivity contribution in [1.29, 1.82) is 0 Å². The van der Waals surface area contributed by atoms with E-state index in [9.17, 15) is 4.79 Å². The summed E-state index contributed by atoms with van der Waals surface area (Å²) in [6, 6.07) is 7.16. The van der Waals surface area contributed by atoms with Gasteiger partial charge in [0.1, 0.15) is 6.04 Å². The average molecular weight is 285 g/mol. The van der Waals surface area contributed by atoms with Crippen molar-refractivity contribution in [2.24, 2.45) is 10.7 Å². The Morgan fingerprint density at radius 2 is 2.24 bits per heavy atom. The number of benzene rings is 1. The van der Waals surface area contributed by atoms with Crippen LogP contribution in [0.1, 0.15) is 31.0 Å². The molecule has 1 atom stereocenters. The molecular weight excluding hydrogens is 266 g/mol. The first-order valence-corrected chi connectivity index (χ1v) is 6.78. The summed E-state index contributed by atoms with van der Waals surface area (Å²) in [5.41, 5.74) is 8.72. The summed E-state index contributed by atoms with van der Waals surface area (Å²) in [5, 5.41) is 2.89. The molecule has 3 N–H and O–H groups in total. The fraction of sp³-hybridized carbons (Fsp3) is 0.250. The second kappa shape index (κ2) is 6.26. The predicted molar refractivity (Wildman–Crippen MR) is 83.4 cm³/mol. The highest BCUT2D eigenvalue weighted by atomic mass is 16.5. The number of hydrogen-bond acceptors (Lipinski definition) is 5. The van der Waals surface area contributed by atoms with E-state index >= 15 is 0 Å². The first-order chi connectivity index (χ1) is 10.1. The van der Waals surface area contributed by atoms with E-state index in [-0.39, 0.29) is 11.9 Å². The Kier molecular flexibility index (Phi) is 4.42. The van der Waals surface area contributed by atoms with E-state index in [4.69, 9.17) is 10.5 Å². The molecule has 1 aromatic carbocycles. The Morgan fingerprint density at radius 3 is 2.90 bits per heavy atom. The summed E-state index contributed by atoms with van der Waals surface area (Å²) < 4.78 is 5.14. The molecule has 21 heavy (non-hydrogen) atoms. The number of aliphatic imine (C=N–C) groups is 1. The molecule has 5 heteroatoms. The minimum atomic E-state index is -0.487. The van der Waals surface area contributed by atoms with Gasteiger partial charge in [0.15, 0.2) is 5.96 Å². The van der Waals surface area contributed by atoms with Crippen LogP contribution in [0.4, 0.5) is 0 Å². The molecule has 1 heterocycles. The number of esters is 1. The first kappa shape index (κ1) is 14.8. The molecule has 110 valence electrons. The number of hydrogen-bond donors (Lipinski definition) is 2. The van der Waals surface area contributed by atoms with Crippen LogP contribution in [-0.4, -0.2) is 18.5 Å². The largest absolute Gasteiger partial charge is 0.463 e. The molecule has 0 saturated heterocycles. The van der Waals surface area contributed by atoms with Gasteiger partial charge in [-0.3, -0.25) is 0 Å². The second-order valence-electron chi connectivity index (χ2n) is 4.63. The summed E-state index contributed by atoms with van der Waals surface area (Å²) in [6.07, 6.45) is 1.74. The van der Waals surface area contributed by atoms with Crippen molar-refractivity contribution in [2.45, 2.75) is 19.9 Å². The van der Waals surface area contributed by atoms with Crippen molar-refractivity contribution in [3.05, 3.63) is 53.2 Å². The van der Waals surface area contributed by atoms with Crippen molar-refractivity contribution < 1.29 is 9.53 Å². The number of nitrogens with two attached hydrogens (primary N) is 1. The maximum Gasteiger partial charge on any atom is 0.338 e. The predicted octanol–water partition coefficient (Wildman–Crippen LogP) is 2.13. The number of allylic oxidation sites excluding steroid dienone is 1. The lowest BCUT2D eigenvalue weighted by Gasteiger charge is -2.25. The van der Waals surface area contributed by atoms with Gasteiger partial charge in [0, 0.05) is 5.70 Å². The van der Waals surface area contributed by atoms with E-state index in [2.05, 4.69) is 16.9 Å². The van der Waals surface area contributed by atoms with Crippen LogP contribution in [0.3, 0.4) is 0 Å². The molecular formula is C16H19N3O2. The average Bonchev–Trinajstić information content (AvgIpc) is 2.46. The minimum absolute atomic E-state index is 0.282. The molecule has 0 amide bonds. The quantitative estimate of drug-likeness (QED) is 0.831. The molecule has 5 nitrogen and oxygen atoms in total. The van der Waals surface area contributed by atoms with Gasteiger partial charge in [0.25, 0.3) is 0 Å². The second-order valence-corrected chi connectivity index (χ2v) is 4.63. The molecule has 0 spiro atoms. The standard InChI is InChI=1S/C16H19N3O2/c1-4-11-8-6-7-9-12(11)14-13(15(20)21-5-2)10(3)18-16(17)19-14/h4,6-9,14H,1,5H2,2-3H3,(H3,17,18,19). The molecule has 0 radical (unpaired) electrons. The Labute approximate surface area is 124 Å². The highest BCUT2D eigenvalue weighted by molar-refractivity contribution is 5.95. The fourth-order valence-corrected chi connectivity index (χ4v) is 2.34. The number of carbonyl (C=O) groups excluding carboxylic acids is 1. The van der Waals surface area contributed by atoms with Crippen LogP contribution in [0, 0.1) is 0 Å². The van der Waals surface area contributed by atoms with E-state index in [0.29, 0.717) is 17.9 Å². The molecule has 0 saturated carbocycles. The number of nitrogens with one attached hydrogen (secondary N) is 1. The zero-order chi connectivity index (χ0) is 15.4. The van der Waals surface area contributed by atoms with Crippen LogP contribution >= 0.6 is 0 Å². The molecule has 0 aliphatic carbocycles. The van der Waals surface area contributed by atoms with Gasteiger partial charge in [-0.15, -0.1) is 0 Å². The normalized spacial score (nSPS) is 17.8. The third-order valence-electron chi connectivity index (χ3n) is 3.27. The van der Waals surface area contributed by atoms with Gasteiger partial charge in [-0.1, -0.05) is 36.9 Å². The molecule has 0 fully saturated rings. The van der Waals surface area contributed by atoms with Crippen molar-refractivity contribution in [1.82, 2.24) is 5.32 Å². The van der Waals surface area contributed by atoms with Crippen LogP contribution in [0.25, 0.3) is 6.08 Å². The lowest BCUT2D eigenvalue weighted by Crippen LogP contribution is -2.37. The van der Waals surface area contributed by atoms with Gasteiger partial charge >= 0.3 is 5.97 Å². The molecule has 0 aromatic heterocycles. The Hall–Kier alpha value is -2.56. The fourth-order valence-electron chi connectivity index (χ4n) is 2.34. The maximum atomic E-state index is 12.2. The van der Waals surface area contributed by atoms with Gasteiger partial charge in [-0.05, 0) is 25.0 Å². The van der Waals surface area contributed by atoms with Crippen LogP contribution in [-0.2, 0) is 9.53 Å². The third kappa shape index (κ3) is 2.97. The zero-order valence-corrected chi connectivity index (χ0v) is 12.2.